The van der Waals surface area contributed by atoms with E-state index in [-0.39, 0.29) is 0 Å². The molecular weight excluding hydrogens is 274 g/mol. The second-order valence-electron chi connectivity index (χ2n) is 4.59. The molecule has 20 heavy (non-hydrogen) atoms. The fraction of sp³-hybridized carbons (Fsp3) is 0.200. The van der Waals surface area contributed by atoms with Gasteiger partial charge in [-0.05, 0) is 29.8 Å². The van der Waals surface area contributed by atoms with E-state index in [9.17, 15) is 5.11 Å². The minimum atomic E-state index is -1.40. The van der Waals surface area contributed by atoms with Crippen molar-refractivity contribution in [3.63, 3.8) is 0 Å². The van der Waals surface area contributed by atoms with E-state index in [4.69, 9.17) is 11.6 Å². The van der Waals surface area contributed by atoms with Gasteiger partial charge in [-0.2, -0.15) is 0 Å². The Kier molecular flexibility index (Phi) is 3.42. The Morgan fingerprint density at radius 2 is 2.10 bits per heavy atom. The molecule has 0 saturated heterocycles. The van der Waals surface area contributed by atoms with E-state index in [1.165, 1.54) is 0 Å². The van der Waals surface area contributed by atoms with E-state index in [2.05, 4.69) is 15.3 Å². The normalized spacial score (nSPS) is 17.2. The van der Waals surface area contributed by atoms with Crippen LogP contribution in [-0.4, -0.2) is 29.0 Å². The molecule has 5 heteroatoms. The Balaban J connectivity index is 2.18. The molecule has 0 fully saturated rings. The summed E-state index contributed by atoms with van der Waals surface area (Å²) in [6.45, 7) is 1.36. The summed E-state index contributed by atoms with van der Waals surface area (Å²) in [5, 5.41) is 15.0. The van der Waals surface area contributed by atoms with E-state index in [1.807, 2.05) is 18.2 Å². The van der Waals surface area contributed by atoms with Crippen LogP contribution in [0.2, 0.25) is 5.02 Å². The van der Waals surface area contributed by atoms with Gasteiger partial charge in [0.2, 0.25) is 0 Å². The topological polar surface area (TPSA) is 57.5 Å². The zero-order valence-corrected chi connectivity index (χ0v) is 11.5. The molecule has 1 aromatic carbocycles. The lowest BCUT2D eigenvalue weighted by Gasteiger charge is -2.28. The number of aliphatic hydroxyl groups is 1. The molecule has 1 aliphatic rings. The molecule has 1 aliphatic heterocycles. The van der Waals surface area contributed by atoms with Gasteiger partial charge in [0, 0.05) is 17.8 Å². The van der Waals surface area contributed by atoms with Crippen LogP contribution in [0, 0.1) is 0 Å². The highest BCUT2D eigenvalue weighted by molar-refractivity contribution is 6.30. The van der Waals surface area contributed by atoms with E-state index in [1.54, 1.807) is 30.5 Å². The van der Waals surface area contributed by atoms with Gasteiger partial charge in [-0.15, -0.1) is 0 Å². The highest BCUT2D eigenvalue weighted by Crippen LogP contribution is 2.31. The fourth-order valence-electron chi connectivity index (χ4n) is 2.34. The Labute approximate surface area is 122 Å². The monoisotopic (exact) mass is 287 g/mol. The molecule has 1 unspecified atom stereocenters. The zero-order chi connectivity index (χ0) is 14.0. The van der Waals surface area contributed by atoms with Gasteiger partial charge in [0.1, 0.15) is 5.84 Å². The summed E-state index contributed by atoms with van der Waals surface area (Å²) in [6.07, 6.45) is 1.65. The first-order valence-electron chi connectivity index (χ1n) is 6.40. The van der Waals surface area contributed by atoms with Gasteiger partial charge in [-0.1, -0.05) is 29.8 Å². The number of aromatic nitrogens is 1. The second-order valence-corrected chi connectivity index (χ2v) is 5.03. The van der Waals surface area contributed by atoms with Crippen LogP contribution in [0.1, 0.15) is 11.3 Å². The number of amidine groups is 1. The van der Waals surface area contributed by atoms with E-state index >= 15 is 0 Å². The Hall–Kier alpha value is -1.91. The summed E-state index contributed by atoms with van der Waals surface area (Å²) >= 11 is 6.05. The molecule has 4 nitrogen and oxygen atoms in total. The van der Waals surface area contributed by atoms with Crippen molar-refractivity contribution in [3.8, 4) is 0 Å². The van der Waals surface area contributed by atoms with E-state index in [0.29, 0.717) is 35.2 Å². The summed E-state index contributed by atoms with van der Waals surface area (Å²) < 4.78 is 0. The number of hydrogen-bond acceptors (Lipinski definition) is 4. The van der Waals surface area contributed by atoms with Gasteiger partial charge in [-0.25, -0.2) is 0 Å². The third-order valence-corrected chi connectivity index (χ3v) is 3.53. The van der Waals surface area contributed by atoms with Crippen molar-refractivity contribution in [1.29, 1.82) is 0 Å². The molecule has 0 spiro atoms. The molecule has 0 amide bonds. The highest BCUT2D eigenvalue weighted by atomic mass is 35.5. The third kappa shape index (κ3) is 2.17. The molecule has 2 heterocycles. The summed E-state index contributed by atoms with van der Waals surface area (Å²) in [7, 11) is 0. The maximum absolute atomic E-state index is 11.3. The smallest absolute Gasteiger partial charge is 0.189 e. The van der Waals surface area contributed by atoms with Crippen LogP contribution in [0.25, 0.3) is 0 Å². The molecule has 3 rings (SSSR count). The molecule has 102 valence electrons. The fourth-order valence-corrected chi connectivity index (χ4v) is 2.53. The summed E-state index contributed by atoms with van der Waals surface area (Å²) in [6, 6.07) is 12.6. The number of benzene rings is 1. The van der Waals surface area contributed by atoms with Crippen LogP contribution in [0.5, 0.6) is 0 Å². The van der Waals surface area contributed by atoms with Crippen molar-refractivity contribution in [2.45, 2.75) is 5.60 Å². The first kappa shape index (κ1) is 13.1. The van der Waals surface area contributed by atoms with Crippen molar-refractivity contribution in [3.05, 3.63) is 64.9 Å². The SMILES string of the molecule is OC(C1=NCCN1)(c1cccc(Cl)c1)c1ccccn1. The van der Waals surface area contributed by atoms with E-state index in [0.717, 1.165) is 0 Å². The summed E-state index contributed by atoms with van der Waals surface area (Å²) in [4.78, 5) is 8.65. The van der Waals surface area contributed by atoms with Crippen molar-refractivity contribution in [2.75, 3.05) is 13.1 Å². The Morgan fingerprint density at radius 1 is 1.20 bits per heavy atom. The molecule has 0 saturated carbocycles. The van der Waals surface area contributed by atoms with Gasteiger partial charge in [0.05, 0.1) is 12.2 Å². The lowest BCUT2D eigenvalue weighted by molar-refractivity contribution is 0.147. The van der Waals surface area contributed by atoms with Crippen molar-refractivity contribution in [2.24, 2.45) is 4.99 Å². The average molecular weight is 288 g/mol. The number of nitrogens with zero attached hydrogens (tertiary/aromatic N) is 2. The van der Waals surface area contributed by atoms with Crippen LogP contribution in [0.3, 0.4) is 0 Å². The standard InChI is InChI=1S/C15H14ClN3O/c16-12-5-3-4-11(10-12)15(20,14-18-8-9-19-14)13-6-1-2-7-17-13/h1-7,10,20H,8-9H2,(H,18,19). The summed E-state index contributed by atoms with van der Waals surface area (Å²) in [5.41, 5.74) is -0.227. The minimum Gasteiger partial charge on any atom is -0.372 e. The van der Waals surface area contributed by atoms with Gasteiger partial charge >= 0.3 is 0 Å². The quantitative estimate of drug-likeness (QED) is 0.907. The third-order valence-electron chi connectivity index (χ3n) is 3.29. The maximum Gasteiger partial charge on any atom is 0.189 e. The average Bonchev–Trinajstić information content (AvgIpc) is 3.02. The number of pyridine rings is 1. The molecule has 2 aromatic rings. The molecule has 0 aliphatic carbocycles. The van der Waals surface area contributed by atoms with Gasteiger partial charge in [0.15, 0.2) is 5.60 Å². The molecule has 0 bridgehead atoms. The summed E-state index contributed by atoms with van der Waals surface area (Å²) in [5.74, 6) is 0.512. The number of aliphatic imine (C=N–C) groups is 1. The lowest BCUT2D eigenvalue weighted by Crippen LogP contribution is -2.44. The maximum atomic E-state index is 11.3. The Morgan fingerprint density at radius 3 is 2.75 bits per heavy atom. The number of nitrogens with one attached hydrogen (secondary N) is 1. The predicted molar refractivity (Wildman–Crippen MR) is 79.0 cm³/mol. The molecule has 1 atom stereocenters. The molecular formula is C15H14ClN3O. The van der Waals surface area contributed by atoms with Crippen LogP contribution < -0.4 is 5.32 Å². The van der Waals surface area contributed by atoms with Crippen LogP contribution in [-0.2, 0) is 5.60 Å². The van der Waals surface area contributed by atoms with E-state index < -0.39 is 5.60 Å². The Bertz CT molecular complexity index is 645. The first-order chi connectivity index (χ1) is 9.71. The second kappa shape index (κ2) is 5.23. The molecule has 1 aromatic heterocycles. The number of rotatable bonds is 3. The van der Waals surface area contributed by atoms with Gasteiger partial charge in [0.25, 0.3) is 0 Å². The van der Waals surface area contributed by atoms with Crippen molar-refractivity contribution >= 4 is 17.4 Å². The van der Waals surface area contributed by atoms with Crippen LogP contribution >= 0.6 is 11.6 Å². The lowest BCUT2D eigenvalue weighted by atomic mass is 9.88. The molecule has 0 radical (unpaired) electrons. The number of hydrogen-bond donors (Lipinski definition) is 2. The first-order valence-corrected chi connectivity index (χ1v) is 6.78. The number of halogens is 1. The highest BCUT2D eigenvalue weighted by Gasteiger charge is 2.40. The zero-order valence-electron chi connectivity index (χ0n) is 10.8. The molecule has 2 N–H and O–H groups in total. The van der Waals surface area contributed by atoms with Crippen molar-refractivity contribution in [1.82, 2.24) is 10.3 Å². The predicted octanol–water partition coefficient (Wildman–Crippen LogP) is 1.97. The largest absolute Gasteiger partial charge is 0.372 e. The minimum absolute atomic E-state index is 0.512. The van der Waals surface area contributed by atoms with Gasteiger partial charge < -0.3 is 10.4 Å². The van der Waals surface area contributed by atoms with Crippen molar-refractivity contribution < 1.29 is 5.11 Å². The van der Waals surface area contributed by atoms with Gasteiger partial charge in [-0.3, -0.25) is 9.98 Å². The van der Waals surface area contributed by atoms with Crippen LogP contribution in [0.4, 0.5) is 0 Å². The van der Waals surface area contributed by atoms with Crippen LogP contribution in [0.15, 0.2) is 53.7 Å².